The van der Waals surface area contributed by atoms with Gasteiger partial charge in [0.2, 0.25) is 0 Å². The highest BCUT2D eigenvalue weighted by Gasteiger charge is 2.25. The molecule has 1 heterocycles. The number of hydrogen-bond acceptors (Lipinski definition) is 3. The van der Waals surface area contributed by atoms with Gasteiger partial charge in [0.25, 0.3) is 0 Å². The molecule has 0 radical (unpaired) electrons. The van der Waals surface area contributed by atoms with Crippen molar-refractivity contribution in [3.05, 3.63) is 0 Å². The Morgan fingerprint density at radius 2 is 2.14 bits per heavy atom. The first-order valence-corrected chi connectivity index (χ1v) is 5.75. The Bertz CT molecular complexity index is 169. The molecule has 1 saturated heterocycles. The van der Waals surface area contributed by atoms with Crippen molar-refractivity contribution in [2.75, 3.05) is 20.3 Å². The molecule has 1 N–H and O–H groups in total. The van der Waals surface area contributed by atoms with Gasteiger partial charge in [-0.3, -0.25) is 0 Å². The van der Waals surface area contributed by atoms with Crippen LogP contribution in [0.4, 0.5) is 0 Å². The van der Waals surface area contributed by atoms with Crippen molar-refractivity contribution in [1.82, 2.24) is 5.32 Å². The molecule has 0 amide bonds. The van der Waals surface area contributed by atoms with E-state index in [4.69, 9.17) is 9.47 Å². The molecule has 3 atom stereocenters. The van der Waals surface area contributed by atoms with Crippen LogP contribution in [0.3, 0.4) is 0 Å². The molecule has 2 aliphatic rings. The molecule has 2 rings (SSSR count). The topological polar surface area (TPSA) is 30.5 Å². The van der Waals surface area contributed by atoms with Crippen molar-refractivity contribution in [3.63, 3.8) is 0 Å². The summed E-state index contributed by atoms with van der Waals surface area (Å²) in [6.45, 7) is 1.83. The molecule has 0 spiro atoms. The van der Waals surface area contributed by atoms with E-state index >= 15 is 0 Å². The fraction of sp³-hybridized carbons (Fsp3) is 1.00. The van der Waals surface area contributed by atoms with Crippen LogP contribution in [-0.2, 0) is 9.47 Å². The minimum Gasteiger partial charge on any atom is -0.381 e. The number of hydrogen-bond donors (Lipinski definition) is 1. The summed E-state index contributed by atoms with van der Waals surface area (Å²) >= 11 is 0. The third-order valence-electron chi connectivity index (χ3n) is 3.36. The molecule has 1 aliphatic heterocycles. The summed E-state index contributed by atoms with van der Waals surface area (Å²) < 4.78 is 10.8. The van der Waals surface area contributed by atoms with Gasteiger partial charge in [-0.1, -0.05) is 0 Å². The number of methoxy groups -OCH3 is 1. The van der Waals surface area contributed by atoms with Crippen LogP contribution in [0.5, 0.6) is 0 Å². The average molecular weight is 199 g/mol. The Kier molecular flexibility index (Phi) is 3.79. The zero-order valence-corrected chi connectivity index (χ0v) is 9.00. The quantitative estimate of drug-likeness (QED) is 0.743. The molecule has 1 saturated carbocycles. The maximum Gasteiger partial charge on any atom is 0.0620 e. The molecular formula is C11H21NO2. The van der Waals surface area contributed by atoms with Crippen molar-refractivity contribution in [3.8, 4) is 0 Å². The molecule has 1 aliphatic carbocycles. The normalized spacial score (nSPS) is 38.8. The zero-order chi connectivity index (χ0) is 9.80. The Labute approximate surface area is 86.2 Å². The summed E-state index contributed by atoms with van der Waals surface area (Å²) in [6, 6.07) is 1.25. The molecule has 3 nitrogen and oxygen atoms in total. The molecule has 0 aromatic carbocycles. The van der Waals surface area contributed by atoms with Crippen LogP contribution in [0, 0.1) is 0 Å². The van der Waals surface area contributed by atoms with E-state index in [-0.39, 0.29) is 0 Å². The Balaban J connectivity index is 1.73. The van der Waals surface area contributed by atoms with E-state index in [9.17, 15) is 0 Å². The molecule has 0 bridgehead atoms. The summed E-state index contributed by atoms with van der Waals surface area (Å²) in [7, 11) is 1.83. The number of rotatable bonds is 3. The summed E-state index contributed by atoms with van der Waals surface area (Å²) in [4.78, 5) is 0. The van der Waals surface area contributed by atoms with E-state index in [0.717, 1.165) is 13.2 Å². The van der Waals surface area contributed by atoms with Gasteiger partial charge in [-0.2, -0.15) is 0 Å². The largest absolute Gasteiger partial charge is 0.381 e. The summed E-state index contributed by atoms with van der Waals surface area (Å²) in [5.41, 5.74) is 0. The smallest absolute Gasteiger partial charge is 0.0620 e. The maximum absolute atomic E-state index is 5.41. The second-order valence-electron chi connectivity index (χ2n) is 4.45. The van der Waals surface area contributed by atoms with E-state index in [1.807, 2.05) is 7.11 Å². The molecular weight excluding hydrogens is 178 g/mol. The standard InChI is InChI=1S/C11H21NO2/c1-13-11-4-2-3-9(7-11)12-10-5-6-14-8-10/h9-12H,2-8H2,1H3. The number of nitrogens with one attached hydrogen (secondary N) is 1. The summed E-state index contributed by atoms with van der Waals surface area (Å²) in [5, 5.41) is 3.68. The van der Waals surface area contributed by atoms with Crippen LogP contribution in [0.1, 0.15) is 32.1 Å². The first kappa shape index (κ1) is 10.4. The third-order valence-corrected chi connectivity index (χ3v) is 3.36. The summed E-state index contributed by atoms with van der Waals surface area (Å²) in [5.74, 6) is 0. The highest BCUT2D eigenvalue weighted by molar-refractivity contribution is 4.82. The van der Waals surface area contributed by atoms with Crippen molar-refractivity contribution in [1.29, 1.82) is 0 Å². The van der Waals surface area contributed by atoms with Gasteiger partial charge in [-0.15, -0.1) is 0 Å². The van der Waals surface area contributed by atoms with Crippen molar-refractivity contribution in [2.45, 2.75) is 50.3 Å². The molecule has 0 aromatic heterocycles. The van der Waals surface area contributed by atoms with Crippen LogP contribution < -0.4 is 5.32 Å². The van der Waals surface area contributed by atoms with Crippen LogP contribution in [0.25, 0.3) is 0 Å². The van der Waals surface area contributed by atoms with Crippen LogP contribution in [-0.4, -0.2) is 38.5 Å². The minimum absolute atomic E-state index is 0.476. The van der Waals surface area contributed by atoms with Gasteiger partial charge >= 0.3 is 0 Å². The molecule has 2 fully saturated rings. The predicted molar refractivity (Wildman–Crippen MR) is 55.4 cm³/mol. The van der Waals surface area contributed by atoms with Crippen molar-refractivity contribution < 1.29 is 9.47 Å². The van der Waals surface area contributed by atoms with Crippen LogP contribution >= 0.6 is 0 Å². The van der Waals surface area contributed by atoms with E-state index in [1.54, 1.807) is 0 Å². The van der Waals surface area contributed by atoms with Gasteiger partial charge in [0, 0.05) is 25.8 Å². The van der Waals surface area contributed by atoms with Gasteiger partial charge in [0.15, 0.2) is 0 Å². The predicted octanol–water partition coefficient (Wildman–Crippen LogP) is 1.32. The monoisotopic (exact) mass is 199 g/mol. The van der Waals surface area contributed by atoms with Gasteiger partial charge < -0.3 is 14.8 Å². The summed E-state index contributed by atoms with van der Waals surface area (Å²) in [6.07, 6.45) is 6.65. The average Bonchev–Trinajstić information content (AvgIpc) is 2.71. The van der Waals surface area contributed by atoms with Gasteiger partial charge in [0.05, 0.1) is 12.7 Å². The second kappa shape index (κ2) is 5.10. The fourth-order valence-corrected chi connectivity index (χ4v) is 2.51. The lowest BCUT2D eigenvalue weighted by atomic mass is 9.92. The van der Waals surface area contributed by atoms with Gasteiger partial charge in [0.1, 0.15) is 0 Å². The second-order valence-corrected chi connectivity index (χ2v) is 4.45. The molecule has 14 heavy (non-hydrogen) atoms. The lowest BCUT2D eigenvalue weighted by Gasteiger charge is -2.30. The first-order valence-electron chi connectivity index (χ1n) is 5.75. The van der Waals surface area contributed by atoms with Crippen molar-refractivity contribution >= 4 is 0 Å². The highest BCUT2D eigenvalue weighted by atomic mass is 16.5. The lowest BCUT2D eigenvalue weighted by molar-refractivity contribution is 0.0564. The van der Waals surface area contributed by atoms with Crippen LogP contribution in [0.2, 0.25) is 0 Å². The SMILES string of the molecule is COC1CCCC(NC2CCOC2)C1. The lowest BCUT2D eigenvalue weighted by Crippen LogP contribution is -2.42. The fourth-order valence-electron chi connectivity index (χ4n) is 2.51. The van der Waals surface area contributed by atoms with E-state index in [2.05, 4.69) is 5.32 Å². The van der Waals surface area contributed by atoms with E-state index in [1.165, 1.54) is 32.1 Å². The maximum atomic E-state index is 5.41. The third kappa shape index (κ3) is 2.69. The molecule has 3 unspecified atom stereocenters. The minimum atomic E-state index is 0.476. The zero-order valence-electron chi connectivity index (χ0n) is 9.00. The number of ether oxygens (including phenoxy) is 2. The van der Waals surface area contributed by atoms with Crippen molar-refractivity contribution in [2.24, 2.45) is 0 Å². The molecule has 3 heteroatoms. The highest BCUT2D eigenvalue weighted by Crippen LogP contribution is 2.21. The molecule has 0 aromatic rings. The van der Waals surface area contributed by atoms with Crippen LogP contribution in [0.15, 0.2) is 0 Å². The van der Waals surface area contributed by atoms with Gasteiger partial charge in [-0.25, -0.2) is 0 Å². The molecule has 82 valence electrons. The van der Waals surface area contributed by atoms with E-state index < -0.39 is 0 Å². The Morgan fingerprint density at radius 3 is 2.86 bits per heavy atom. The Hall–Kier alpha value is -0.120. The first-order chi connectivity index (χ1) is 6.88. The van der Waals surface area contributed by atoms with E-state index in [0.29, 0.717) is 18.2 Å². The Morgan fingerprint density at radius 1 is 1.21 bits per heavy atom. The van der Waals surface area contributed by atoms with Gasteiger partial charge in [-0.05, 0) is 32.1 Å².